The summed E-state index contributed by atoms with van der Waals surface area (Å²) in [4.78, 5) is 24.0. The zero-order valence-corrected chi connectivity index (χ0v) is 12.1. The Hall–Kier alpha value is -2.08. The van der Waals surface area contributed by atoms with Crippen LogP contribution in [0.2, 0.25) is 0 Å². The molecule has 0 aromatic heterocycles. The van der Waals surface area contributed by atoms with Gasteiger partial charge in [0.2, 0.25) is 0 Å². The first-order chi connectivity index (χ1) is 9.93. The molecule has 0 bridgehead atoms. The minimum Gasteiger partial charge on any atom is -0.465 e. The van der Waals surface area contributed by atoms with E-state index in [9.17, 15) is 14.7 Å². The average Bonchev–Trinajstić information content (AvgIpc) is 2.82. The molecule has 0 spiro atoms. The van der Waals surface area contributed by atoms with E-state index in [0.717, 1.165) is 11.1 Å². The first kappa shape index (κ1) is 15.3. The molecule has 1 saturated heterocycles. The number of aliphatic hydroxyl groups excluding tert-OH is 1. The van der Waals surface area contributed by atoms with Crippen molar-refractivity contribution >= 4 is 12.1 Å². The molecule has 1 amide bonds. The maximum atomic E-state index is 11.8. The van der Waals surface area contributed by atoms with Crippen molar-refractivity contribution in [1.82, 2.24) is 4.90 Å². The summed E-state index contributed by atoms with van der Waals surface area (Å²) in [7, 11) is 0. The lowest BCUT2D eigenvalue weighted by molar-refractivity contribution is 0.0526. The predicted octanol–water partition coefficient (Wildman–Crippen LogP) is 1.61. The summed E-state index contributed by atoms with van der Waals surface area (Å²) < 4.78 is 4.97. The molecule has 0 radical (unpaired) electrons. The molecule has 1 aromatic carbocycles. The number of carboxylic acid groups (broad SMARTS) is 1. The van der Waals surface area contributed by atoms with Gasteiger partial charge in [-0.05, 0) is 37.1 Å². The lowest BCUT2D eigenvalue weighted by atomic mass is 9.91. The Bertz CT molecular complexity index is 557. The highest BCUT2D eigenvalue weighted by atomic mass is 16.5. The minimum absolute atomic E-state index is 0.0864. The van der Waals surface area contributed by atoms with Gasteiger partial charge in [-0.2, -0.15) is 0 Å². The third kappa shape index (κ3) is 3.16. The maximum absolute atomic E-state index is 11.8. The van der Waals surface area contributed by atoms with Crippen LogP contribution in [0.15, 0.2) is 18.2 Å². The van der Waals surface area contributed by atoms with Gasteiger partial charge in [0.25, 0.3) is 0 Å². The first-order valence-corrected chi connectivity index (χ1v) is 6.87. The van der Waals surface area contributed by atoms with Crippen LogP contribution in [0, 0.1) is 6.92 Å². The molecule has 6 nitrogen and oxygen atoms in total. The molecule has 0 unspecified atom stereocenters. The molecule has 21 heavy (non-hydrogen) atoms. The van der Waals surface area contributed by atoms with Crippen LogP contribution in [0.25, 0.3) is 0 Å². The standard InChI is InChI=1S/C15H19NO5/c1-3-21-14(18)10-5-4-9(2)11(6-10)12-7-16(15(19)20)8-13(12)17/h4-6,12-13,17H,3,7-8H2,1-2H3,(H,19,20)/t12-,13+/m1/s1. The van der Waals surface area contributed by atoms with Gasteiger partial charge in [-0.1, -0.05) is 6.07 Å². The molecule has 1 heterocycles. The number of carbonyl (C=O) groups excluding carboxylic acids is 1. The zero-order chi connectivity index (χ0) is 15.6. The van der Waals surface area contributed by atoms with Gasteiger partial charge in [0.05, 0.1) is 24.8 Å². The highest BCUT2D eigenvalue weighted by molar-refractivity contribution is 5.89. The number of aliphatic hydroxyl groups is 1. The smallest absolute Gasteiger partial charge is 0.407 e. The van der Waals surface area contributed by atoms with Gasteiger partial charge in [-0.3, -0.25) is 0 Å². The van der Waals surface area contributed by atoms with Crippen LogP contribution < -0.4 is 0 Å². The Morgan fingerprint density at radius 3 is 2.67 bits per heavy atom. The Balaban J connectivity index is 2.29. The molecule has 2 N–H and O–H groups in total. The van der Waals surface area contributed by atoms with E-state index in [0.29, 0.717) is 12.2 Å². The van der Waals surface area contributed by atoms with Crippen molar-refractivity contribution in [2.75, 3.05) is 19.7 Å². The Kier molecular flexibility index (Phi) is 4.47. The van der Waals surface area contributed by atoms with E-state index in [1.807, 2.05) is 6.92 Å². The van der Waals surface area contributed by atoms with Crippen LogP contribution in [0.1, 0.15) is 34.3 Å². The number of amides is 1. The van der Waals surface area contributed by atoms with Crippen LogP contribution in [0.5, 0.6) is 0 Å². The Morgan fingerprint density at radius 2 is 2.10 bits per heavy atom. The molecule has 0 saturated carbocycles. The number of β-amino-alcohol motifs (C(OH)–C–C–N with tert-alkyl or cyclic N) is 1. The highest BCUT2D eigenvalue weighted by Gasteiger charge is 2.35. The third-order valence-corrected chi connectivity index (χ3v) is 3.75. The van der Waals surface area contributed by atoms with Crippen molar-refractivity contribution in [3.63, 3.8) is 0 Å². The summed E-state index contributed by atoms with van der Waals surface area (Å²) in [6, 6.07) is 5.15. The summed E-state index contributed by atoms with van der Waals surface area (Å²) in [5.41, 5.74) is 2.12. The largest absolute Gasteiger partial charge is 0.465 e. The fraction of sp³-hybridized carbons (Fsp3) is 0.467. The van der Waals surface area contributed by atoms with Crippen LogP contribution >= 0.6 is 0 Å². The molecule has 114 valence electrons. The van der Waals surface area contributed by atoms with E-state index in [1.165, 1.54) is 4.90 Å². The van der Waals surface area contributed by atoms with Crippen LogP contribution in [0.4, 0.5) is 4.79 Å². The van der Waals surface area contributed by atoms with E-state index >= 15 is 0 Å². The van der Waals surface area contributed by atoms with Gasteiger partial charge < -0.3 is 19.8 Å². The van der Waals surface area contributed by atoms with Gasteiger partial charge in [-0.25, -0.2) is 9.59 Å². The highest BCUT2D eigenvalue weighted by Crippen LogP contribution is 2.30. The quantitative estimate of drug-likeness (QED) is 0.827. The predicted molar refractivity (Wildman–Crippen MR) is 75.5 cm³/mol. The third-order valence-electron chi connectivity index (χ3n) is 3.75. The fourth-order valence-corrected chi connectivity index (χ4v) is 2.63. The average molecular weight is 293 g/mol. The number of aryl methyl sites for hydroxylation is 1. The number of ether oxygens (including phenoxy) is 1. The van der Waals surface area contributed by atoms with Crippen molar-refractivity contribution in [2.45, 2.75) is 25.9 Å². The van der Waals surface area contributed by atoms with Gasteiger partial charge in [0.15, 0.2) is 0 Å². The number of benzene rings is 1. The van der Waals surface area contributed by atoms with E-state index in [1.54, 1.807) is 25.1 Å². The summed E-state index contributed by atoms with van der Waals surface area (Å²) >= 11 is 0. The number of hydrogen-bond acceptors (Lipinski definition) is 4. The molecule has 1 aromatic rings. The lowest BCUT2D eigenvalue weighted by Gasteiger charge is -2.17. The molecule has 1 aliphatic heterocycles. The molecule has 1 aliphatic rings. The van der Waals surface area contributed by atoms with Gasteiger partial charge in [0.1, 0.15) is 0 Å². The summed E-state index contributed by atoms with van der Waals surface area (Å²) in [6.07, 6.45) is -1.81. The lowest BCUT2D eigenvalue weighted by Crippen LogP contribution is -2.27. The van der Waals surface area contributed by atoms with E-state index in [2.05, 4.69) is 0 Å². The second-order valence-corrected chi connectivity index (χ2v) is 5.15. The van der Waals surface area contributed by atoms with Gasteiger partial charge in [0, 0.05) is 12.5 Å². The summed E-state index contributed by atoms with van der Waals surface area (Å²) in [5, 5.41) is 19.1. The second kappa shape index (κ2) is 6.13. The molecular weight excluding hydrogens is 274 g/mol. The number of esters is 1. The van der Waals surface area contributed by atoms with Crippen LogP contribution in [0.3, 0.4) is 0 Å². The molecule has 0 aliphatic carbocycles. The molecule has 2 rings (SSSR count). The molecule has 1 fully saturated rings. The number of nitrogens with zero attached hydrogens (tertiary/aromatic N) is 1. The zero-order valence-electron chi connectivity index (χ0n) is 12.1. The first-order valence-electron chi connectivity index (χ1n) is 6.87. The normalized spacial score (nSPS) is 21.4. The molecular formula is C15H19NO5. The topological polar surface area (TPSA) is 87.1 Å². The number of rotatable bonds is 3. The Morgan fingerprint density at radius 1 is 1.38 bits per heavy atom. The number of hydrogen-bond donors (Lipinski definition) is 2. The number of carbonyl (C=O) groups is 2. The van der Waals surface area contributed by atoms with Crippen LogP contribution in [-0.2, 0) is 4.74 Å². The van der Waals surface area contributed by atoms with Crippen molar-refractivity contribution in [1.29, 1.82) is 0 Å². The number of likely N-dealkylation sites (tertiary alicyclic amines) is 1. The van der Waals surface area contributed by atoms with Crippen molar-refractivity contribution in [2.24, 2.45) is 0 Å². The molecule has 6 heteroatoms. The second-order valence-electron chi connectivity index (χ2n) is 5.15. The van der Waals surface area contributed by atoms with E-state index in [4.69, 9.17) is 9.84 Å². The Labute approximate surface area is 122 Å². The van der Waals surface area contributed by atoms with Crippen molar-refractivity contribution < 1.29 is 24.5 Å². The van der Waals surface area contributed by atoms with Crippen molar-refractivity contribution in [3.05, 3.63) is 34.9 Å². The summed E-state index contributed by atoms with van der Waals surface area (Å²) in [5.74, 6) is -0.739. The van der Waals surface area contributed by atoms with Gasteiger partial charge in [-0.15, -0.1) is 0 Å². The molecule has 2 atom stereocenters. The van der Waals surface area contributed by atoms with Crippen molar-refractivity contribution in [3.8, 4) is 0 Å². The minimum atomic E-state index is -1.05. The fourth-order valence-electron chi connectivity index (χ4n) is 2.63. The van der Waals surface area contributed by atoms with E-state index < -0.39 is 18.2 Å². The van der Waals surface area contributed by atoms with Crippen LogP contribution in [-0.4, -0.2) is 53.0 Å². The van der Waals surface area contributed by atoms with E-state index in [-0.39, 0.29) is 19.0 Å². The van der Waals surface area contributed by atoms with Gasteiger partial charge >= 0.3 is 12.1 Å². The maximum Gasteiger partial charge on any atom is 0.407 e. The summed E-state index contributed by atoms with van der Waals surface area (Å²) in [6.45, 7) is 4.21. The SMILES string of the molecule is CCOC(=O)c1ccc(C)c([C@H]2CN(C(=O)O)C[C@@H]2O)c1. The monoisotopic (exact) mass is 293 g/mol.